The molecule has 1 aliphatic heterocycles. The monoisotopic (exact) mass is 370 g/mol. The maximum Gasteiger partial charge on any atom is 0.261 e. The van der Waals surface area contributed by atoms with Crippen LogP contribution in [0.5, 0.6) is 5.75 Å². The molecule has 0 bridgehead atoms. The largest absolute Gasteiger partial charge is 0.497 e. The molecule has 1 atom stereocenters. The minimum absolute atomic E-state index is 0.0714. The summed E-state index contributed by atoms with van der Waals surface area (Å²) in [7, 11) is 1.69. The number of likely N-dealkylation sites (tertiary alicyclic amines) is 1. The normalized spacial score (nSPS) is 17.9. The molecule has 0 radical (unpaired) electrons. The Balaban J connectivity index is 1.46. The molecule has 26 heavy (non-hydrogen) atoms. The Labute approximate surface area is 159 Å². The molecule has 1 N–H and O–H groups in total. The van der Waals surface area contributed by atoms with Gasteiger partial charge in [0.25, 0.3) is 5.91 Å². The van der Waals surface area contributed by atoms with Gasteiger partial charge in [0.1, 0.15) is 5.75 Å². The van der Waals surface area contributed by atoms with Crippen LogP contribution in [0.15, 0.2) is 30.3 Å². The molecule has 138 valence electrons. The van der Waals surface area contributed by atoms with Crippen molar-refractivity contribution >= 4 is 17.2 Å². The van der Waals surface area contributed by atoms with Gasteiger partial charge in [-0.2, -0.15) is 0 Å². The number of rotatable bonds is 6. The lowest BCUT2D eigenvalue weighted by Crippen LogP contribution is -2.36. The zero-order valence-electron chi connectivity index (χ0n) is 15.3. The number of thiophene rings is 1. The van der Waals surface area contributed by atoms with E-state index in [2.05, 4.69) is 28.4 Å². The van der Waals surface area contributed by atoms with Crippen LogP contribution in [0.25, 0.3) is 0 Å². The molecule has 0 unspecified atom stereocenters. The Hall–Kier alpha value is -1.85. The molecule has 1 aromatic heterocycles. The van der Waals surface area contributed by atoms with Gasteiger partial charge in [-0.3, -0.25) is 9.69 Å². The number of aryl methyl sites for hydroxylation is 2. The van der Waals surface area contributed by atoms with Crippen molar-refractivity contribution in [2.75, 3.05) is 26.7 Å². The second kappa shape index (κ2) is 7.80. The highest BCUT2D eigenvalue weighted by Crippen LogP contribution is 2.31. The molecular weight excluding hydrogens is 344 g/mol. The third-order valence-corrected chi connectivity index (χ3v) is 6.74. The van der Waals surface area contributed by atoms with Crippen LogP contribution in [0, 0.1) is 0 Å². The number of carbonyl (C=O) groups excluding carboxylic acids is 1. The second-order valence-electron chi connectivity index (χ2n) is 7.15. The number of nitrogens with one attached hydrogen (secondary N) is 1. The zero-order valence-corrected chi connectivity index (χ0v) is 16.1. The van der Waals surface area contributed by atoms with E-state index in [0.717, 1.165) is 36.6 Å². The van der Waals surface area contributed by atoms with Crippen molar-refractivity contribution in [2.45, 2.75) is 38.1 Å². The number of nitrogens with zero attached hydrogens (tertiary/aromatic N) is 1. The molecule has 2 aliphatic rings. The van der Waals surface area contributed by atoms with E-state index in [9.17, 15) is 4.79 Å². The number of methoxy groups -OCH3 is 1. The molecule has 1 aromatic carbocycles. The summed E-state index contributed by atoms with van der Waals surface area (Å²) in [6.45, 7) is 2.84. The van der Waals surface area contributed by atoms with E-state index in [1.54, 1.807) is 18.4 Å². The van der Waals surface area contributed by atoms with Crippen LogP contribution < -0.4 is 10.1 Å². The second-order valence-corrected chi connectivity index (χ2v) is 8.29. The summed E-state index contributed by atoms with van der Waals surface area (Å²) in [5.74, 6) is 0.938. The van der Waals surface area contributed by atoms with E-state index < -0.39 is 0 Å². The summed E-state index contributed by atoms with van der Waals surface area (Å²) >= 11 is 1.67. The maximum absolute atomic E-state index is 12.7. The van der Waals surface area contributed by atoms with Gasteiger partial charge < -0.3 is 10.1 Å². The average molecular weight is 371 g/mol. The Bertz CT molecular complexity index is 741. The number of hydrogen-bond acceptors (Lipinski definition) is 4. The SMILES string of the molecule is COc1ccc([C@H](CNC(=O)c2cc3c(s2)CCC3)N2CCCC2)cc1. The summed E-state index contributed by atoms with van der Waals surface area (Å²) in [5.41, 5.74) is 2.62. The number of carbonyl (C=O) groups is 1. The standard InChI is InChI=1S/C21H26N2O2S/c1-25-17-9-7-15(8-10-17)18(23-11-2-3-12-23)14-22-21(24)20-13-16-5-4-6-19(16)26-20/h7-10,13,18H,2-6,11-12,14H2,1H3,(H,22,24)/t18-/m0/s1. The van der Waals surface area contributed by atoms with Crippen LogP contribution in [0.1, 0.15) is 51.0 Å². The van der Waals surface area contributed by atoms with E-state index in [1.165, 1.54) is 35.3 Å². The third-order valence-electron chi connectivity index (χ3n) is 5.51. The van der Waals surface area contributed by atoms with Crippen LogP contribution in [-0.4, -0.2) is 37.6 Å². The number of fused-ring (bicyclic) bond motifs is 1. The smallest absolute Gasteiger partial charge is 0.261 e. The van der Waals surface area contributed by atoms with Crippen molar-refractivity contribution in [1.82, 2.24) is 10.2 Å². The lowest BCUT2D eigenvalue weighted by atomic mass is 10.1. The topological polar surface area (TPSA) is 41.6 Å². The number of ether oxygens (including phenoxy) is 1. The van der Waals surface area contributed by atoms with Gasteiger partial charge in [0.2, 0.25) is 0 Å². The fourth-order valence-electron chi connectivity index (χ4n) is 4.05. The van der Waals surface area contributed by atoms with E-state index >= 15 is 0 Å². The summed E-state index contributed by atoms with van der Waals surface area (Å²) in [5, 5.41) is 3.19. The molecule has 1 amide bonds. The van der Waals surface area contributed by atoms with Gasteiger partial charge >= 0.3 is 0 Å². The van der Waals surface area contributed by atoms with Crippen molar-refractivity contribution in [3.8, 4) is 5.75 Å². The van der Waals surface area contributed by atoms with Crippen LogP contribution in [-0.2, 0) is 12.8 Å². The van der Waals surface area contributed by atoms with Crippen molar-refractivity contribution in [3.63, 3.8) is 0 Å². The third kappa shape index (κ3) is 3.64. The quantitative estimate of drug-likeness (QED) is 0.841. The summed E-state index contributed by atoms with van der Waals surface area (Å²) in [6, 6.07) is 10.6. The predicted octanol–water partition coefficient (Wildman–Crippen LogP) is 3.81. The maximum atomic E-state index is 12.7. The first-order chi connectivity index (χ1) is 12.7. The van der Waals surface area contributed by atoms with E-state index in [-0.39, 0.29) is 11.9 Å². The predicted molar refractivity (Wildman–Crippen MR) is 105 cm³/mol. The van der Waals surface area contributed by atoms with E-state index in [4.69, 9.17) is 4.74 Å². The fourth-order valence-corrected chi connectivity index (χ4v) is 5.22. The van der Waals surface area contributed by atoms with Crippen molar-refractivity contribution < 1.29 is 9.53 Å². The van der Waals surface area contributed by atoms with Gasteiger partial charge in [-0.25, -0.2) is 0 Å². The molecule has 0 saturated carbocycles. The van der Waals surface area contributed by atoms with Gasteiger partial charge in [0, 0.05) is 11.4 Å². The molecule has 1 saturated heterocycles. The van der Waals surface area contributed by atoms with Gasteiger partial charge in [-0.15, -0.1) is 11.3 Å². The molecule has 4 nitrogen and oxygen atoms in total. The van der Waals surface area contributed by atoms with Crippen molar-refractivity contribution in [3.05, 3.63) is 51.2 Å². The molecule has 2 aromatic rings. The van der Waals surface area contributed by atoms with Gasteiger partial charge in [-0.05, 0) is 74.5 Å². The first kappa shape index (κ1) is 17.6. The minimum Gasteiger partial charge on any atom is -0.497 e. The minimum atomic E-state index is 0.0714. The summed E-state index contributed by atoms with van der Waals surface area (Å²) in [4.78, 5) is 17.4. The Kier molecular flexibility index (Phi) is 5.27. The molecule has 4 rings (SSSR count). The lowest BCUT2D eigenvalue weighted by molar-refractivity contribution is 0.0942. The van der Waals surface area contributed by atoms with Gasteiger partial charge in [0.05, 0.1) is 18.0 Å². The summed E-state index contributed by atoms with van der Waals surface area (Å²) in [6.07, 6.45) is 5.96. The average Bonchev–Trinajstić information content (AvgIpc) is 3.39. The number of amides is 1. The lowest BCUT2D eigenvalue weighted by Gasteiger charge is -2.28. The Morgan fingerprint density at radius 3 is 2.65 bits per heavy atom. The van der Waals surface area contributed by atoms with Gasteiger partial charge in [0.15, 0.2) is 0 Å². The zero-order chi connectivity index (χ0) is 17.9. The number of benzene rings is 1. The highest BCUT2D eigenvalue weighted by atomic mass is 32.1. The van der Waals surface area contributed by atoms with Gasteiger partial charge in [-0.1, -0.05) is 12.1 Å². The Morgan fingerprint density at radius 1 is 1.19 bits per heavy atom. The molecule has 0 spiro atoms. The molecule has 2 heterocycles. The van der Waals surface area contributed by atoms with Crippen LogP contribution in [0.4, 0.5) is 0 Å². The highest BCUT2D eigenvalue weighted by Gasteiger charge is 2.25. The molecule has 1 aliphatic carbocycles. The van der Waals surface area contributed by atoms with Crippen LogP contribution >= 0.6 is 11.3 Å². The molecular formula is C21H26N2O2S. The molecule has 5 heteroatoms. The van der Waals surface area contributed by atoms with Crippen molar-refractivity contribution in [2.24, 2.45) is 0 Å². The van der Waals surface area contributed by atoms with E-state index in [0.29, 0.717) is 6.54 Å². The van der Waals surface area contributed by atoms with Crippen LogP contribution in [0.2, 0.25) is 0 Å². The van der Waals surface area contributed by atoms with Crippen molar-refractivity contribution in [1.29, 1.82) is 0 Å². The fraction of sp³-hybridized carbons (Fsp3) is 0.476. The highest BCUT2D eigenvalue weighted by molar-refractivity contribution is 7.14. The Morgan fingerprint density at radius 2 is 1.96 bits per heavy atom. The van der Waals surface area contributed by atoms with Crippen LogP contribution in [0.3, 0.4) is 0 Å². The number of hydrogen-bond donors (Lipinski definition) is 1. The molecule has 1 fully saturated rings. The first-order valence-electron chi connectivity index (χ1n) is 9.52. The first-order valence-corrected chi connectivity index (χ1v) is 10.3. The summed E-state index contributed by atoms with van der Waals surface area (Å²) < 4.78 is 5.28. The van der Waals surface area contributed by atoms with E-state index in [1.807, 2.05) is 12.1 Å².